The van der Waals surface area contributed by atoms with Crippen molar-refractivity contribution in [3.63, 3.8) is 0 Å². The van der Waals surface area contributed by atoms with Crippen LogP contribution in [0.25, 0.3) is 0 Å². The highest BCUT2D eigenvalue weighted by Gasteiger charge is 2.07. The smallest absolute Gasteiger partial charge is 0.0620 e. The van der Waals surface area contributed by atoms with E-state index < -0.39 is 0 Å². The van der Waals surface area contributed by atoms with Gasteiger partial charge in [-0.25, -0.2) is 0 Å². The zero-order valence-corrected chi connectivity index (χ0v) is 10.9. The first-order chi connectivity index (χ1) is 8.65. The van der Waals surface area contributed by atoms with Gasteiger partial charge >= 0.3 is 0 Å². The Morgan fingerprint density at radius 2 is 1.61 bits per heavy atom. The van der Waals surface area contributed by atoms with Crippen LogP contribution >= 0.6 is 0 Å². The molecule has 0 fully saturated rings. The van der Waals surface area contributed by atoms with Crippen molar-refractivity contribution in [2.24, 2.45) is 0 Å². The topological polar surface area (TPSA) is 33.1 Å². The molecule has 0 aliphatic heterocycles. The molecule has 0 radical (unpaired) electrons. The van der Waals surface area contributed by atoms with Gasteiger partial charge in [0.05, 0.1) is 6.10 Å². The van der Waals surface area contributed by atoms with E-state index in [1.54, 1.807) is 12.4 Å². The first-order valence-corrected chi connectivity index (χ1v) is 6.28. The van der Waals surface area contributed by atoms with Crippen LogP contribution in [0, 0.1) is 13.8 Å². The van der Waals surface area contributed by atoms with Crippen molar-refractivity contribution in [3.05, 3.63) is 65.0 Å². The van der Waals surface area contributed by atoms with Crippen molar-refractivity contribution in [2.45, 2.75) is 32.8 Å². The van der Waals surface area contributed by atoms with Gasteiger partial charge < -0.3 is 5.11 Å². The van der Waals surface area contributed by atoms with E-state index in [-0.39, 0.29) is 6.10 Å². The maximum atomic E-state index is 10.1. The van der Waals surface area contributed by atoms with Crippen LogP contribution in [-0.2, 0) is 12.8 Å². The second-order valence-electron chi connectivity index (χ2n) is 4.84. The number of nitrogens with zero attached hydrogens (tertiary/aromatic N) is 1. The molecule has 2 rings (SSSR count). The molecule has 2 nitrogen and oxygen atoms in total. The number of hydrogen-bond donors (Lipinski definition) is 1. The number of pyridine rings is 1. The van der Waals surface area contributed by atoms with E-state index in [0.717, 1.165) is 5.56 Å². The molecule has 0 saturated carbocycles. The average Bonchev–Trinajstić information content (AvgIpc) is 2.35. The highest BCUT2D eigenvalue weighted by Crippen LogP contribution is 2.13. The summed E-state index contributed by atoms with van der Waals surface area (Å²) in [7, 11) is 0. The SMILES string of the molecule is Cc1ccc(CC(O)Cc2ccncc2)cc1C. The molecule has 18 heavy (non-hydrogen) atoms. The third-order valence-corrected chi connectivity index (χ3v) is 3.26. The molecular formula is C16H19NO. The Labute approximate surface area is 108 Å². The number of benzene rings is 1. The number of aliphatic hydroxyl groups excluding tert-OH is 1. The lowest BCUT2D eigenvalue weighted by molar-refractivity contribution is 0.175. The van der Waals surface area contributed by atoms with Crippen molar-refractivity contribution in [1.29, 1.82) is 0 Å². The van der Waals surface area contributed by atoms with Crippen LogP contribution < -0.4 is 0 Å². The zero-order chi connectivity index (χ0) is 13.0. The van der Waals surface area contributed by atoms with Gasteiger partial charge in [-0.1, -0.05) is 18.2 Å². The van der Waals surface area contributed by atoms with Gasteiger partial charge in [-0.2, -0.15) is 0 Å². The van der Waals surface area contributed by atoms with Gasteiger partial charge in [0.2, 0.25) is 0 Å². The van der Waals surface area contributed by atoms with Gasteiger partial charge in [-0.05, 0) is 61.1 Å². The van der Waals surface area contributed by atoms with Crippen molar-refractivity contribution >= 4 is 0 Å². The molecule has 0 aliphatic carbocycles. The van der Waals surface area contributed by atoms with Gasteiger partial charge in [0.15, 0.2) is 0 Å². The highest BCUT2D eigenvalue weighted by atomic mass is 16.3. The Bertz CT molecular complexity index is 508. The monoisotopic (exact) mass is 241 g/mol. The summed E-state index contributed by atoms with van der Waals surface area (Å²) in [5.41, 5.74) is 4.90. The molecule has 0 saturated heterocycles. The average molecular weight is 241 g/mol. The lowest BCUT2D eigenvalue weighted by atomic mass is 9.99. The van der Waals surface area contributed by atoms with E-state index in [0.29, 0.717) is 12.8 Å². The van der Waals surface area contributed by atoms with E-state index in [2.05, 4.69) is 37.0 Å². The summed E-state index contributed by atoms with van der Waals surface area (Å²) in [6, 6.07) is 10.3. The van der Waals surface area contributed by atoms with Crippen LogP contribution in [0.1, 0.15) is 22.3 Å². The molecule has 1 aromatic carbocycles. The second-order valence-corrected chi connectivity index (χ2v) is 4.84. The summed E-state index contributed by atoms with van der Waals surface area (Å²) >= 11 is 0. The zero-order valence-electron chi connectivity index (χ0n) is 10.9. The molecule has 0 amide bonds. The third kappa shape index (κ3) is 3.41. The Hall–Kier alpha value is -1.67. The van der Waals surface area contributed by atoms with Crippen LogP contribution in [0.4, 0.5) is 0 Å². The molecule has 1 heterocycles. The molecule has 2 heteroatoms. The second kappa shape index (κ2) is 5.78. The van der Waals surface area contributed by atoms with Crippen LogP contribution in [0.3, 0.4) is 0 Å². The van der Waals surface area contributed by atoms with Gasteiger partial charge in [0.1, 0.15) is 0 Å². The van der Waals surface area contributed by atoms with Crippen molar-refractivity contribution in [2.75, 3.05) is 0 Å². The van der Waals surface area contributed by atoms with Crippen molar-refractivity contribution in [1.82, 2.24) is 4.98 Å². The van der Waals surface area contributed by atoms with E-state index in [1.807, 2.05) is 12.1 Å². The summed E-state index contributed by atoms with van der Waals surface area (Å²) in [4.78, 5) is 3.98. The number of aryl methyl sites for hydroxylation is 2. The number of hydrogen-bond acceptors (Lipinski definition) is 2. The lowest BCUT2D eigenvalue weighted by Gasteiger charge is -2.12. The third-order valence-electron chi connectivity index (χ3n) is 3.26. The minimum absolute atomic E-state index is 0.338. The summed E-state index contributed by atoms with van der Waals surface area (Å²) in [5.74, 6) is 0. The normalized spacial score (nSPS) is 12.4. The molecule has 1 atom stereocenters. The first-order valence-electron chi connectivity index (χ1n) is 6.28. The molecule has 1 aromatic heterocycles. The summed E-state index contributed by atoms with van der Waals surface area (Å²) in [5, 5.41) is 10.1. The fraction of sp³-hybridized carbons (Fsp3) is 0.312. The van der Waals surface area contributed by atoms with E-state index >= 15 is 0 Å². The van der Waals surface area contributed by atoms with Gasteiger partial charge in [-0.3, -0.25) is 4.98 Å². The van der Waals surface area contributed by atoms with E-state index in [4.69, 9.17) is 0 Å². The highest BCUT2D eigenvalue weighted by molar-refractivity contribution is 5.30. The fourth-order valence-electron chi connectivity index (χ4n) is 2.07. The minimum atomic E-state index is -0.338. The first kappa shape index (κ1) is 12.8. The molecule has 0 spiro atoms. The van der Waals surface area contributed by atoms with Gasteiger partial charge in [0.25, 0.3) is 0 Å². The quantitative estimate of drug-likeness (QED) is 0.893. The maximum absolute atomic E-state index is 10.1. The van der Waals surface area contributed by atoms with Crippen LogP contribution in [0.2, 0.25) is 0 Å². The van der Waals surface area contributed by atoms with Crippen LogP contribution in [0.15, 0.2) is 42.7 Å². The molecular weight excluding hydrogens is 222 g/mol. The van der Waals surface area contributed by atoms with Crippen LogP contribution in [-0.4, -0.2) is 16.2 Å². The number of rotatable bonds is 4. The Morgan fingerprint density at radius 3 is 2.28 bits per heavy atom. The minimum Gasteiger partial charge on any atom is -0.392 e. The number of aliphatic hydroxyl groups is 1. The Morgan fingerprint density at radius 1 is 0.944 bits per heavy atom. The number of aromatic nitrogens is 1. The molecule has 0 bridgehead atoms. The Balaban J connectivity index is 1.99. The van der Waals surface area contributed by atoms with Gasteiger partial charge in [-0.15, -0.1) is 0 Å². The summed E-state index contributed by atoms with van der Waals surface area (Å²) < 4.78 is 0. The lowest BCUT2D eigenvalue weighted by Crippen LogP contribution is -2.14. The molecule has 2 aromatic rings. The molecule has 0 aliphatic rings. The fourth-order valence-corrected chi connectivity index (χ4v) is 2.07. The predicted octanol–water partition coefficient (Wildman–Crippen LogP) is 2.84. The summed E-state index contributed by atoms with van der Waals surface area (Å²) in [6.45, 7) is 4.21. The van der Waals surface area contributed by atoms with E-state index in [1.165, 1.54) is 16.7 Å². The summed E-state index contributed by atoms with van der Waals surface area (Å²) in [6.07, 6.45) is 4.56. The van der Waals surface area contributed by atoms with Crippen molar-refractivity contribution in [3.8, 4) is 0 Å². The Kier molecular flexibility index (Phi) is 4.11. The molecule has 1 unspecified atom stereocenters. The predicted molar refractivity (Wildman–Crippen MR) is 73.6 cm³/mol. The molecule has 1 N–H and O–H groups in total. The standard InChI is InChI=1S/C16H19NO/c1-12-3-4-15(9-13(12)2)11-16(18)10-14-5-7-17-8-6-14/h3-9,16,18H,10-11H2,1-2H3. The molecule has 94 valence electrons. The van der Waals surface area contributed by atoms with Gasteiger partial charge in [0, 0.05) is 12.4 Å². The van der Waals surface area contributed by atoms with Crippen molar-refractivity contribution < 1.29 is 5.11 Å². The maximum Gasteiger partial charge on any atom is 0.0620 e. The van der Waals surface area contributed by atoms with E-state index in [9.17, 15) is 5.11 Å². The largest absolute Gasteiger partial charge is 0.392 e. The van der Waals surface area contributed by atoms with Crippen LogP contribution in [0.5, 0.6) is 0 Å².